The van der Waals surface area contributed by atoms with Gasteiger partial charge in [0, 0.05) is 24.5 Å². The number of urea groups is 1. The summed E-state index contributed by atoms with van der Waals surface area (Å²) < 4.78 is 24.4. The average molecular weight is 373 g/mol. The summed E-state index contributed by atoms with van der Waals surface area (Å²) in [5.41, 5.74) is 1.24. The number of nitrogens with zero attached hydrogens (tertiary/aromatic N) is 1. The van der Waals surface area contributed by atoms with Gasteiger partial charge < -0.3 is 10.6 Å². The molecule has 2 N–H and O–H groups in total. The van der Waals surface area contributed by atoms with Gasteiger partial charge in [-0.1, -0.05) is 25.1 Å². The molecule has 3 amide bonds. The molecule has 0 spiro atoms. The summed E-state index contributed by atoms with van der Waals surface area (Å²) in [7, 11) is -3.52. The second-order valence-corrected chi connectivity index (χ2v) is 8.03. The topological polar surface area (TPSA) is 95.6 Å². The zero-order chi connectivity index (χ0) is 18.7. The van der Waals surface area contributed by atoms with Crippen LogP contribution in [0.25, 0.3) is 0 Å². The summed E-state index contributed by atoms with van der Waals surface area (Å²) in [5.74, 6) is -0.600. The Hall–Kier alpha value is -2.87. The molecule has 2 aromatic rings. The number of sulfone groups is 1. The van der Waals surface area contributed by atoms with Crippen molar-refractivity contribution in [3.8, 4) is 0 Å². The molecule has 0 bridgehead atoms. The third kappa shape index (κ3) is 3.55. The van der Waals surface area contributed by atoms with E-state index in [-0.39, 0.29) is 22.2 Å². The fourth-order valence-electron chi connectivity index (χ4n) is 2.75. The van der Waals surface area contributed by atoms with Gasteiger partial charge in [0.2, 0.25) is 0 Å². The first kappa shape index (κ1) is 17.9. The molecular formula is C18H19N3O4S. The molecule has 2 aromatic carbocycles. The van der Waals surface area contributed by atoms with E-state index >= 15 is 0 Å². The average Bonchev–Trinajstić information content (AvgIpc) is 3.08. The highest BCUT2D eigenvalue weighted by Crippen LogP contribution is 2.23. The van der Waals surface area contributed by atoms with Gasteiger partial charge in [-0.15, -0.1) is 0 Å². The van der Waals surface area contributed by atoms with Crippen LogP contribution < -0.4 is 15.5 Å². The molecule has 0 atom stereocenters. The fraction of sp³-hybridized carbons (Fsp3) is 0.222. The lowest BCUT2D eigenvalue weighted by atomic mass is 10.2. The minimum Gasteiger partial charge on any atom is -0.336 e. The summed E-state index contributed by atoms with van der Waals surface area (Å²) in [6.45, 7) is 2.65. The van der Waals surface area contributed by atoms with Gasteiger partial charge in [0.25, 0.3) is 5.91 Å². The van der Waals surface area contributed by atoms with E-state index in [0.29, 0.717) is 24.5 Å². The Balaban J connectivity index is 1.87. The smallest absolute Gasteiger partial charge is 0.321 e. The molecule has 1 fully saturated rings. The summed E-state index contributed by atoms with van der Waals surface area (Å²) >= 11 is 0. The van der Waals surface area contributed by atoms with Crippen molar-refractivity contribution < 1.29 is 18.0 Å². The van der Waals surface area contributed by atoms with Crippen molar-refractivity contribution in [2.45, 2.75) is 11.8 Å². The van der Waals surface area contributed by atoms with E-state index in [9.17, 15) is 18.0 Å². The Morgan fingerprint density at radius 2 is 1.96 bits per heavy atom. The van der Waals surface area contributed by atoms with Crippen LogP contribution >= 0.6 is 0 Å². The number of amides is 3. The van der Waals surface area contributed by atoms with Crippen LogP contribution in [-0.4, -0.2) is 39.2 Å². The minimum atomic E-state index is -3.52. The second-order valence-electron chi connectivity index (χ2n) is 5.79. The van der Waals surface area contributed by atoms with E-state index in [4.69, 9.17) is 0 Å². The predicted octanol–water partition coefficient (Wildman–Crippen LogP) is 2.26. The number of benzene rings is 2. The van der Waals surface area contributed by atoms with Crippen LogP contribution in [-0.2, 0) is 9.84 Å². The molecule has 136 valence electrons. The third-order valence-electron chi connectivity index (χ3n) is 4.12. The van der Waals surface area contributed by atoms with Crippen LogP contribution in [0, 0.1) is 0 Å². The zero-order valence-corrected chi connectivity index (χ0v) is 15.0. The molecule has 0 radical (unpaired) electrons. The summed E-state index contributed by atoms with van der Waals surface area (Å²) in [6.07, 6.45) is 0. The van der Waals surface area contributed by atoms with Crippen LogP contribution in [0.5, 0.6) is 0 Å². The number of nitrogens with one attached hydrogen (secondary N) is 2. The minimum absolute atomic E-state index is 0.00933. The van der Waals surface area contributed by atoms with Crippen LogP contribution in [0.1, 0.15) is 17.3 Å². The van der Waals surface area contributed by atoms with Crippen molar-refractivity contribution in [3.05, 3.63) is 54.1 Å². The van der Waals surface area contributed by atoms with E-state index in [1.165, 1.54) is 19.1 Å². The lowest BCUT2D eigenvalue weighted by molar-refractivity contribution is 0.102. The standard InChI is InChI=1S/C18H19N3O4S/c1-2-26(24,25)16-9-4-3-8-15(16)17(22)20-13-6-5-7-14(12-13)21-11-10-19-18(21)23/h3-9,12H,2,10-11H2,1H3,(H,19,23)(H,20,22). The summed E-state index contributed by atoms with van der Waals surface area (Å²) in [5, 5.41) is 5.43. The van der Waals surface area contributed by atoms with E-state index in [1.54, 1.807) is 41.3 Å². The number of carbonyl (C=O) groups is 2. The Morgan fingerprint density at radius 3 is 2.65 bits per heavy atom. The first-order valence-corrected chi connectivity index (χ1v) is 9.86. The maximum absolute atomic E-state index is 12.6. The monoisotopic (exact) mass is 373 g/mol. The van der Waals surface area contributed by atoms with Crippen LogP contribution in [0.15, 0.2) is 53.4 Å². The normalized spacial score (nSPS) is 14.2. The first-order valence-electron chi connectivity index (χ1n) is 8.21. The highest BCUT2D eigenvalue weighted by atomic mass is 32.2. The van der Waals surface area contributed by atoms with E-state index < -0.39 is 15.7 Å². The van der Waals surface area contributed by atoms with Crippen molar-refractivity contribution in [1.29, 1.82) is 0 Å². The third-order valence-corrected chi connectivity index (χ3v) is 5.91. The maximum atomic E-state index is 12.6. The van der Waals surface area contributed by atoms with Crippen molar-refractivity contribution in [2.75, 3.05) is 29.1 Å². The number of rotatable bonds is 5. The molecule has 1 saturated heterocycles. The molecule has 8 heteroatoms. The van der Waals surface area contributed by atoms with E-state index in [2.05, 4.69) is 10.6 Å². The van der Waals surface area contributed by atoms with Gasteiger partial charge in [0.15, 0.2) is 9.84 Å². The fourth-order valence-corrected chi connectivity index (χ4v) is 3.84. The van der Waals surface area contributed by atoms with Crippen LogP contribution in [0.3, 0.4) is 0 Å². The highest BCUT2D eigenvalue weighted by molar-refractivity contribution is 7.91. The predicted molar refractivity (Wildman–Crippen MR) is 99.3 cm³/mol. The number of anilines is 2. The van der Waals surface area contributed by atoms with Crippen molar-refractivity contribution in [2.24, 2.45) is 0 Å². The Morgan fingerprint density at radius 1 is 1.19 bits per heavy atom. The Bertz CT molecular complexity index is 956. The molecular weight excluding hydrogens is 354 g/mol. The van der Waals surface area contributed by atoms with Gasteiger partial charge in [0.1, 0.15) is 0 Å². The second kappa shape index (κ2) is 7.17. The van der Waals surface area contributed by atoms with Crippen molar-refractivity contribution >= 4 is 33.2 Å². The zero-order valence-electron chi connectivity index (χ0n) is 14.2. The summed E-state index contributed by atoms with van der Waals surface area (Å²) in [4.78, 5) is 26.0. The van der Waals surface area contributed by atoms with Gasteiger partial charge in [0.05, 0.1) is 16.2 Å². The summed E-state index contributed by atoms with van der Waals surface area (Å²) in [6, 6.07) is 12.8. The van der Waals surface area contributed by atoms with Crippen LogP contribution in [0.4, 0.5) is 16.2 Å². The molecule has 0 unspecified atom stereocenters. The van der Waals surface area contributed by atoms with Gasteiger partial charge in [-0.2, -0.15) is 0 Å². The van der Waals surface area contributed by atoms with Gasteiger partial charge in [-0.25, -0.2) is 13.2 Å². The van der Waals surface area contributed by atoms with E-state index in [1.807, 2.05) is 0 Å². The number of carbonyl (C=O) groups excluding carboxylic acids is 2. The molecule has 1 heterocycles. The SMILES string of the molecule is CCS(=O)(=O)c1ccccc1C(=O)Nc1cccc(N2CCNC2=O)c1. The molecule has 1 aliphatic heterocycles. The molecule has 0 aromatic heterocycles. The lowest BCUT2D eigenvalue weighted by Gasteiger charge is -2.16. The van der Waals surface area contributed by atoms with Gasteiger partial charge >= 0.3 is 6.03 Å². The van der Waals surface area contributed by atoms with Crippen molar-refractivity contribution in [1.82, 2.24) is 5.32 Å². The molecule has 0 saturated carbocycles. The highest BCUT2D eigenvalue weighted by Gasteiger charge is 2.23. The lowest BCUT2D eigenvalue weighted by Crippen LogP contribution is -2.27. The molecule has 0 aliphatic carbocycles. The maximum Gasteiger partial charge on any atom is 0.321 e. The van der Waals surface area contributed by atoms with Gasteiger partial charge in [-0.3, -0.25) is 9.69 Å². The molecule has 26 heavy (non-hydrogen) atoms. The van der Waals surface area contributed by atoms with Crippen LogP contribution in [0.2, 0.25) is 0 Å². The Kier molecular flexibility index (Phi) is 4.94. The first-order chi connectivity index (χ1) is 12.4. The van der Waals surface area contributed by atoms with Gasteiger partial charge in [-0.05, 0) is 30.3 Å². The largest absolute Gasteiger partial charge is 0.336 e. The molecule has 7 nitrogen and oxygen atoms in total. The Labute approximate surface area is 151 Å². The van der Waals surface area contributed by atoms with Crippen molar-refractivity contribution in [3.63, 3.8) is 0 Å². The molecule has 1 aliphatic rings. The van der Waals surface area contributed by atoms with E-state index in [0.717, 1.165) is 0 Å². The quantitative estimate of drug-likeness (QED) is 0.840. The number of hydrogen-bond acceptors (Lipinski definition) is 4. The number of hydrogen-bond donors (Lipinski definition) is 2. The molecule has 3 rings (SSSR count).